The zero-order valence-corrected chi connectivity index (χ0v) is 24.4. The van der Waals surface area contributed by atoms with E-state index < -0.39 is 23.7 Å². The fourth-order valence-electron chi connectivity index (χ4n) is 4.76. The summed E-state index contributed by atoms with van der Waals surface area (Å²) in [4.78, 5) is 40.2. The van der Waals surface area contributed by atoms with E-state index in [0.29, 0.717) is 41.8 Å². The van der Waals surface area contributed by atoms with Crippen molar-refractivity contribution in [1.82, 2.24) is 15.5 Å². The molecule has 0 saturated carbocycles. The molecule has 2 atom stereocenters. The largest absolute Gasteiger partial charge is 0.341 e. The van der Waals surface area contributed by atoms with Crippen molar-refractivity contribution >= 4 is 51.1 Å². The average molecular weight is 630 g/mol. The third kappa shape index (κ3) is 7.82. The van der Waals surface area contributed by atoms with Crippen LogP contribution in [0.4, 0.5) is 14.9 Å². The summed E-state index contributed by atoms with van der Waals surface area (Å²) in [5.41, 5.74) is 2.74. The lowest BCUT2D eigenvalue weighted by atomic mass is 9.97. The van der Waals surface area contributed by atoms with Crippen LogP contribution in [-0.2, 0) is 16.0 Å². The molecule has 3 N–H and O–H groups in total. The zero-order chi connectivity index (χ0) is 28.6. The van der Waals surface area contributed by atoms with Gasteiger partial charge in [-0.2, -0.15) is 0 Å². The number of piperidine rings is 1. The van der Waals surface area contributed by atoms with Gasteiger partial charge in [-0.25, -0.2) is 9.18 Å². The molecule has 1 heterocycles. The number of carbonyl (C=O) groups is 3. The van der Waals surface area contributed by atoms with Crippen LogP contribution in [0.5, 0.6) is 0 Å². The number of carbonyl (C=O) groups excluding carboxylic acids is 3. The lowest BCUT2D eigenvalue weighted by Crippen LogP contribution is -2.50. The molecule has 4 rings (SSSR count). The van der Waals surface area contributed by atoms with Crippen LogP contribution >= 0.6 is 27.5 Å². The second-order valence-corrected chi connectivity index (χ2v) is 11.2. The Morgan fingerprint density at radius 1 is 1.07 bits per heavy atom. The molecule has 1 aliphatic heterocycles. The molecule has 1 aliphatic rings. The maximum atomic E-state index is 14.6. The van der Waals surface area contributed by atoms with Crippen molar-refractivity contribution in [1.29, 1.82) is 0 Å². The predicted octanol–water partition coefficient (Wildman–Crippen LogP) is 6.01. The molecule has 10 heteroatoms. The fraction of sp³-hybridized carbons (Fsp3) is 0.300. The number of rotatable bonds is 7. The van der Waals surface area contributed by atoms with E-state index in [-0.39, 0.29) is 29.0 Å². The zero-order valence-electron chi connectivity index (χ0n) is 22.1. The molecule has 4 amide bonds. The van der Waals surface area contributed by atoms with Crippen molar-refractivity contribution in [2.75, 3.05) is 25.0 Å². The van der Waals surface area contributed by atoms with Crippen molar-refractivity contribution in [3.63, 3.8) is 0 Å². The molecular formula is C30H31BrClFN4O3. The highest BCUT2D eigenvalue weighted by Crippen LogP contribution is 2.30. The number of hydrogen-bond donors (Lipinski definition) is 3. The Balaban J connectivity index is 1.38. The Hall–Kier alpha value is -3.43. The summed E-state index contributed by atoms with van der Waals surface area (Å²) < 4.78 is 15.3. The molecule has 3 aromatic carbocycles. The number of anilines is 1. The smallest absolute Gasteiger partial charge is 0.319 e. The Labute approximate surface area is 246 Å². The first kappa shape index (κ1) is 29.6. The van der Waals surface area contributed by atoms with Gasteiger partial charge in [0, 0.05) is 46.8 Å². The topological polar surface area (TPSA) is 90.5 Å². The number of amides is 4. The molecule has 0 bridgehead atoms. The summed E-state index contributed by atoms with van der Waals surface area (Å²) in [7, 11) is 0. The molecule has 0 spiro atoms. The summed E-state index contributed by atoms with van der Waals surface area (Å²) in [6.07, 6.45) is 1.60. The van der Waals surface area contributed by atoms with Gasteiger partial charge in [0.25, 0.3) is 0 Å². The highest BCUT2D eigenvalue weighted by atomic mass is 79.9. The number of nitrogens with zero attached hydrogens (tertiary/aromatic N) is 1. The molecule has 1 fully saturated rings. The minimum absolute atomic E-state index is 0.00514. The summed E-state index contributed by atoms with van der Waals surface area (Å²) in [6, 6.07) is 18.1. The number of aryl methyl sites for hydroxylation is 1. The lowest BCUT2D eigenvalue weighted by Gasteiger charge is -2.33. The van der Waals surface area contributed by atoms with Crippen molar-refractivity contribution in [2.24, 2.45) is 5.92 Å². The third-order valence-corrected chi connectivity index (χ3v) is 7.99. The monoisotopic (exact) mass is 628 g/mol. The van der Waals surface area contributed by atoms with Gasteiger partial charge in [0.05, 0.1) is 6.04 Å². The van der Waals surface area contributed by atoms with Crippen LogP contribution in [0.1, 0.15) is 35.6 Å². The van der Waals surface area contributed by atoms with Crippen LogP contribution in [0.3, 0.4) is 0 Å². The second-order valence-electron chi connectivity index (χ2n) is 9.91. The van der Waals surface area contributed by atoms with Gasteiger partial charge in [-0.3, -0.25) is 9.59 Å². The quantitative estimate of drug-likeness (QED) is 0.280. The molecule has 40 heavy (non-hydrogen) atoms. The fourth-order valence-corrected chi connectivity index (χ4v) is 5.56. The summed E-state index contributed by atoms with van der Waals surface area (Å²) in [5, 5.41) is 8.71. The molecule has 3 aromatic rings. The average Bonchev–Trinajstić information content (AvgIpc) is 2.94. The van der Waals surface area contributed by atoms with Crippen LogP contribution in [0.25, 0.3) is 0 Å². The molecule has 0 aliphatic carbocycles. The number of urea groups is 1. The standard InChI is InChI=1S/C30H31BrClFN4O3/c1-19-11-13-21(14-12-19)35-30(40)34-17-20-6-5-15-37(18-20)29(39)28(38)36-27(22-7-2-3-8-24(22)31)16-23-25(32)9-4-10-26(23)33/h2-4,7-14,20,27H,5-6,15-18H2,1H3,(H,36,38)(H2,34,35,40). The van der Waals surface area contributed by atoms with Crippen molar-refractivity contribution in [3.05, 3.63) is 98.7 Å². The maximum Gasteiger partial charge on any atom is 0.319 e. The van der Waals surface area contributed by atoms with Crippen molar-refractivity contribution in [3.8, 4) is 0 Å². The first-order valence-electron chi connectivity index (χ1n) is 13.1. The molecule has 1 saturated heterocycles. The van der Waals surface area contributed by atoms with Crippen molar-refractivity contribution in [2.45, 2.75) is 32.2 Å². The van der Waals surface area contributed by atoms with Crippen LogP contribution in [0.2, 0.25) is 5.02 Å². The second kappa shape index (κ2) is 13.8. The molecular weight excluding hydrogens is 599 g/mol. The van der Waals surface area contributed by atoms with E-state index in [1.807, 2.05) is 43.3 Å². The Bertz CT molecular complexity index is 1350. The highest BCUT2D eigenvalue weighted by Gasteiger charge is 2.30. The normalized spacial score (nSPS) is 15.7. The van der Waals surface area contributed by atoms with Gasteiger partial charge in [0.1, 0.15) is 5.82 Å². The van der Waals surface area contributed by atoms with Gasteiger partial charge in [-0.15, -0.1) is 0 Å². The highest BCUT2D eigenvalue weighted by molar-refractivity contribution is 9.10. The van der Waals surface area contributed by atoms with Crippen LogP contribution in [0, 0.1) is 18.7 Å². The number of nitrogens with one attached hydrogen (secondary N) is 3. The summed E-state index contributed by atoms with van der Waals surface area (Å²) in [6.45, 7) is 3.13. The third-order valence-electron chi connectivity index (χ3n) is 6.92. The number of halogens is 3. The van der Waals surface area contributed by atoms with E-state index in [9.17, 15) is 18.8 Å². The number of benzene rings is 3. The van der Waals surface area contributed by atoms with E-state index >= 15 is 0 Å². The van der Waals surface area contributed by atoms with E-state index in [2.05, 4.69) is 31.9 Å². The molecule has 210 valence electrons. The summed E-state index contributed by atoms with van der Waals surface area (Å²) in [5.74, 6) is -1.92. The van der Waals surface area contributed by atoms with E-state index in [1.165, 1.54) is 17.0 Å². The lowest BCUT2D eigenvalue weighted by molar-refractivity contribution is -0.147. The van der Waals surface area contributed by atoms with Gasteiger partial charge in [-0.1, -0.05) is 69.5 Å². The SMILES string of the molecule is Cc1ccc(NC(=O)NCC2CCCN(C(=O)C(=O)NC(Cc3c(F)cccc3Cl)c3ccccc3Br)C2)cc1. The van der Waals surface area contributed by atoms with Gasteiger partial charge in [0.2, 0.25) is 0 Å². The Morgan fingerprint density at radius 2 is 1.82 bits per heavy atom. The Morgan fingerprint density at radius 3 is 2.55 bits per heavy atom. The van der Waals surface area contributed by atoms with Crippen LogP contribution < -0.4 is 16.0 Å². The van der Waals surface area contributed by atoms with Gasteiger partial charge < -0.3 is 20.9 Å². The van der Waals surface area contributed by atoms with Crippen LogP contribution in [-0.4, -0.2) is 42.4 Å². The van der Waals surface area contributed by atoms with E-state index in [1.54, 1.807) is 18.2 Å². The van der Waals surface area contributed by atoms with E-state index in [4.69, 9.17) is 11.6 Å². The predicted molar refractivity (Wildman–Crippen MR) is 158 cm³/mol. The molecule has 2 unspecified atom stereocenters. The number of likely N-dealkylation sites (tertiary alicyclic amines) is 1. The molecule has 0 aromatic heterocycles. The minimum atomic E-state index is -0.779. The molecule has 0 radical (unpaired) electrons. The van der Waals surface area contributed by atoms with E-state index in [0.717, 1.165) is 12.0 Å². The van der Waals surface area contributed by atoms with Gasteiger partial charge >= 0.3 is 17.8 Å². The number of hydrogen-bond acceptors (Lipinski definition) is 3. The Kier molecular flexibility index (Phi) is 10.2. The first-order chi connectivity index (χ1) is 19.2. The van der Waals surface area contributed by atoms with Crippen molar-refractivity contribution < 1.29 is 18.8 Å². The first-order valence-corrected chi connectivity index (χ1v) is 14.3. The summed E-state index contributed by atoms with van der Waals surface area (Å²) >= 11 is 9.77. The van der Waals surface area contributed by atoms with Crippen LogP contribution in [0.15, 0.2) is 71.2 Å². The maximum absolute atomic E-state index is 14.6. The minimum Gasteiger partial charge on any atom is -0.341 e. The van der Waals surface area contributed by atoms with Gasteiger partial charge in [0.15, 0.2) is 0 Å². The van der Waals surface area contributed by atoms with Gasteiger partial charge in [-0.05, 0) is 61.6 Å². The molecule has 7 nitrogen and oxygen atoms in total.